The van der Waals surface area contributed by atoms with Gasteiger partial charge in [-0.3, -0.25) is 4.99 Å². The molecule has 0 amide bonds. The summed E-state index contributed by atoms with van der Waals surface area (Å²) in [4.78, 5) is 4.55. The van der Waals surface area contributed by atoms with Crippen molar-refractivity contribution in [2.24, 2.45) is 4.99 Å². The second kappa shape index (κ2) is 9.56. The van der Waals surface area contributed by atoms with E-state index in [1.54, 1.807) is 12.1 Å². The number of rotatable bonds is 3. The molecule has 116 valence electrons. The Morgan fingerprint density at radius 2 is 1.64 bits per heavy atom. The topological polar surface area (TPSA) is 32.6 Å². The maximum atomic E-state index is 9.67. The zero-order chi connectivity index (χ0) is 16.4. The average Bonchev–Trinajstić information content (AvgIpc) is 2.50. The van der Waals surface area contributed by atoms with Gasteiger partial charge in [0.05, 0.1) is 5.69 Å². The van der Waals surface area contributed by atoms with E-state index < -0.39 is 0 Å². The quantitative estimate of drug-likeness (QED) is 0.700. The highest BCUT2D eigenvalue weighted by Crippen LogP contribution is 2.19. The van der Waals surface area contributed by atoms with E-state index in [-0.39, 0.29) is 5.75 Å². The monoisotopic (exact) mass is 295 g/mol. The highest BCUT2D eigenvalue weighted by molar-refractivity contribution is 5.98. The van der Waals surface area contributed by atoms with Crippen LogP contribution in [0.1, 0.15) is 38.3 Å². The van der Waals surface area contributed by atoms with Gasteiger partial charge in [-0.05, 0) is 43.7 Å². The van der Waals surface area contributed by atoms with Crippen LogP contribution in [0.5, 0.6) is 5.75 Å². The Kier molecular flexibility index (Phi) is 7.69. The number of aryl methyl sites for hydroxylation is 1. The number of hydrogen-bond donors (Lipinski definition) is 1. The first-order valence-electron chi connectivity index (χ1n) is 7.65. The first kappa shape index (κ1) is 17.7. The molecular formula is C20H25NO. The summed E-state index contributed by atoms with van der Waals surface area (Å²) in [6.45, 7) is 8.24. The molecule has 0 atom stereocenters. The van der Waals surface area contributed by atoms with Crippen molar-refractivity contribution in [3.63, 3.8) is 0 Å². The van der Waals surface area contributed by atoms with E-state index in [0.29, 0.717) is 0 Å². The number of phenols is 1. The van der Waals surface area contributed by atoms with Gasteiger partial charge in [0.1, 0.15) is 5.75 Å². The number of phenolic OH excluding ortho intramolecular Hbond substituents is 1. The number of benzene rings is 2. The lowest BCUT2D eigenvalue weighted by Gasteiger charge is -2.00. The van der Waals surface area contributed by atoms with Crippen molar-refractivity contribution >= 4 is 17.5 Å². The van der Waals surface area contributed by atoms with E-state index in [1.807, 2.05) is 62.4 Å². The van der Waals surface area contributed by atoms with Gasteiger partial charge in [0.15, 0.2) is 0 Å². The van der Waals surface area contributed by atoms with Crippen molar-refractivity contribution < 1.29 is 5.11 Å². The maximum absolute atomic E-state index is 9.67. The molecule has 0 aliphatic rings. The highest BCUT2D eigenvalue weighted by Gasteiger charge is 1.96. The van der Waals surface area contributed by atoms with E-state index in [0.717, 1.165) is 22.5 Å². The van der Waals surface area contributed by atoms with Gasteiger partial charge in [-0.2, -0.15) is 0 Å². The summed E-state index contributed by atoms with van der Waals surface area (Å²) < 4.78 is 0. The predicted octanol–water partition coefficient (Wildman–Crippen LogP) is 5.92. The number of allylic oxidation sites excluding steroid dienone is 1. The molecule has 0 heterocycles. The van der Waals surface area contributed by atoms with Gasteiger partial charge in [0, 0.05) is 11.3 Å². The molecular weight excluding hydrogens is 270 g/mol. The fourth-order valence-electron chi connectivity index (χ4n) is 1.75. The molecule has 2 nitrogen and oxygen atoms in total. The number of para-hydroxylation sites is 2. The molecule has 0 spiro atoms. The second-order valence-electron chi connectivity index (χ2n) is 5.14. The molecule has 2 heteroatoms. The average molecular weight is 295 g/mol. The molecule has 0 aliphatic carbocycles. The summed E-state index contributed by atoms with van der Waals surface area (Å²) in [5, 5.41) is 9.67. The van der Waals surface area contributed by atoms with Crippen LogP contribution in [0.2, 0.25) is 0 Å². The summed E-state index contributed by atoms with van der Waals surface area (Å²) in [6.07, 6.45) is 5.02. The number of aliphatic imine (C=N–C) groups is 1. The van der Waals surface area contributed by atoms with Crippen LogP contribution in [0.4, 0.5) is 5.69 Å². The number of aromatic hydroxyl groups is 1. The Balaban J connectivity index is 0.000000745. The molecule has 2 aromatic carbocycles. The minimum Gasteiger partial charge on any atom is -0.507 e. The first-order chi connectivity index (χ1) is 10.6. The van der Waals surface area contributed by atoms with Crippen molar-refractivity contribution in [1.29, 1.82) is 0 Å². The minimum atomic E-state index is 0.280. The van der Waals surface area contributed by atoms with Gasteiger partial charge >= 0.3 is 0 Å². The van der Waals surface area contributed by atoms with Gasteiger partial charge in [-0.15, -0.1) is 0 Å². The van der Waals surface area contributed by atoms with Crippen LogP contribution in [0.25, 0.3) is 6.08 Å². The predicted molar refractivity (Wildman–Crippen MR) is 97.1 cm³/mol. The third-order valence-corrected chi connectivity index (χ3v) is 2.85. The lowest BCUT2D eigenvalue weighted by Crippen LogP contribution is -1.85. The van der Waals surface area contributed by atoms with Crippen molar-refractivity contribution in [3.8, 4) is 5.75 Å². The van der Waals surface area contributed by atoms with Crippen LogP contribution >= 0.6 is 0 Å². The molecule has 0 saturated heterocycles. The third kappa shape index (κ3) is 5.96. The Morgan fingerprint density at radius 1 is 1.05 bits per heavy atom. The van der Waals surface area contributed by atoms with Crippen LogP contribution in [0.3, 0.4) is 0 Å². The van der Waals surface area contributed by atoms with Crippen LogP contribution in [0, 0.1) is 6.92 Å². The normalized spacial score (nSPS) is 11.2. The van der Waals surface area contributed by atoms with Crippen molar-refractivity contribution in [2.45, 2.75) is 34.1 Å². The molecule has 0 aliphatic heterocycles. The van der Waals surface area contributed by atoms with Gasteiger partial charge in [0.2, 0.25) is 0 Å². The van der Waals surface area contributed by atoms with E-state index in [2.05, 4.69) is 18.8 Å². The molecule has 0 unspecified atom stereocenters. The Hall–Kier alpha value is -2.35. The van der Waals surface area contributed by atoms with Gasteiger partial charge in [-0.25, -0.2) is 0 Å². The summed E-state index contributed by atoms with van der Waals surface area (Å²) in [7, 11) is 0. The summed E-state index contributed by atoms with van der Waals surface area (Å²) >= 11 is 0. The Labute approximate surface area is 133 Å². The minimum absolute atomic E-state index is 0.280. The third-order valence-electron chi connectivity index (χ3n) is 2.85. The molecule has 0 radical (unpaired) electrons. The van der Waals surface area contributed by atoms with Gasteiger partial charge in [0.25, 0.3) is 0 Å². The number of hydrogen-bond acceptors (Lipinski definition) is 2. The molecule has 0 aromatic heterocycles. The van der Waals surface area contributed by atoms with Crippen LogP contribution < -0.4 is 0 Å². The summed E-state index contributed by atoms with van der Waals surface area (Å²) in [5.74, 6) is 0.280. The molecule has 0 fully saturated rings. The van der Waals surface area contributed by atoms with E-state index in [9.17, 15) is 5.11 Å². The molecule has 0 saturated carbocycles. The zero-order valence-corrected chi connectivity index (χ0v) is 13.9. The van der Waals surface area contributed by atoms with Crippen LogP contribution in [-0.2, 0) is 0 Å². The largest absolute Gasteiger partial charge is 0.507 e. The molecule has 2 aromatic rings. The lowest BCUT2D eigenvalue weighted by atomic mass is 10.1. The fraction of sp³-hybridized carbons (Fsp3) is 0.250. The van der Waals surface area contributed by atoms with Crippen LogP contribution in [0.15, 0.2) is 59.6 Å². The molecule has 22 heavy (non-hydrogen) atoms. The second-order valence-corrected chi connectivity index (χ2v) is 5.14. The van der Waals surface area contributed by atoms with Gasteiger partial charge in [-0.1, -0.05) is 56.7 Å². The first-order valence-corrected chi connectivity index (χ1v) is 7.65. The molecule has 2 rings (SSSR count). The zero-order valence-electron chi connectivity index (χ0n) is 13.9. The van der Waals surface area contributed by atoms with E-state index in [1.165, 1.54) is 6.42 Å². The maximum Gasteiger partial charge on any atom is 0.122 e. The molecule has 1 N–H and O–H groups in total. The van der Waals surface area contributed by atoms with Crippen molar-refractivity contribution in [3.05, 3.63) is 65.7 Å². The van der Waals surface area contributed by atoms with Crippen molar-refractivity contribution in [1.82, 2.24) is 0 Å². The Bertz CT molecular complexity index is 642. The number of nitrogens with zero attached hydrogens (tertiary/aromatic N) is 1. The van der Waals surface area contributed by atoms with Crippen molar-refractivity contribution in [2.75, 3.05) is 0 Å². The van der Waals surface area contributed by atoms with Gasteiger partial charge < -0.3 is 5.11 Å². The lowest BCUT2D eigenvalue weighted by molar-refractivity contribution is 0.474. The molecule has 0 bridgehead atoms. The summed E-state index contributed by atoms with van der Waals surface area (Å²) in [5.41, 5.74) is 3.82. The Morgan fingerprint density at radius 3 is 2.27 bits per heavy atom. The van der Waals surface area contributed by atoms with E-state index >= 15 is 0 Å². The highest BCUT2D eigenvalue weighted by atomic mass is 16.3. The van der Waals surface area contributed by atoms with Crippen LogP contribution in [-0.4, -0.2) is 10.8 Å². The fourth-order valence-corrected chi connectivity index (χ4v) is 1.75. The standard InChI is InChI=1S/C17H17NO.C3H8/c1-13-7-3-5-9-16(13)18-14(2)11-12-15-8-4-6-10-17(15)19;1-3-2/h3-12,19H,1-2H3;3H2,1-2H3/b12-11+,18-14?;. The summed E-state index contributed by atoms with van der Waals surface area (Å²) in [6, 6.07) is 15.3. The SMILES string of the molecule is CC(/C=C/c1ccccc1O)=Nc1ccccc1C.CCC. The smallest absolute Gasteiger partial charge is 0.122 e. The van der Waals surface area contributed by atoms with E-state index in [4.69, 9.17) is 0 Å².